The standard InChI is InChI=1S/C9H20O3SSi/c1-6-11-14(5,12-7-2)9(4)13-8(3)10/h9H,6-7H2,1-5H3. The molecule has 0 aromatic rings. The molecule has 0 amide bonds. The fourth-order valence-corrected chi connectivity index (χ4v) is 5.17. The minimum absolute atomic E-state index is 0.121. The molecule has 0 fully saturated rings. The van der Waals surface area contributed by atoms with Gasteiger partial charge in [-0.25, -0.2) is 0 Å². The summed E-state index contributed by atoms with van der Waals surface area (Å²) in [5.74, 6) is 0. The first-order valence-corrected chi connectivity index (χ1v) is 8.18. The zero-order valence-corrected chi connectivity index (χ0v) is 11.4. The van der Waals surface area contributed by atoms with Gasteiger partial charge in [0.15, 0.2) is 5.12 Å². The van der Waals surface area contributed by atoms with E-state index < -0.39 is 8.56 Å². The highest BCUT2D eigenvalue weighted by Gasteiger charge is 2.39. The lowest BCUT2D eigenvalue weighted by molar-refractivity contribution is -0.109. The first kappa shape index (κ1) is 14.2. The summed E-state index contributed by atoms with van der Waals surface area (Å²) in [4.78, 5) is 11.1. The van der Waals surface area contributed by atoms with E-state index in [1.54, 1.807) is 6.92 Å². The van der Waals surface area contributed by atoms with Crippen LogP contribution >= 0.6 is 11.8 Å². The minimum atomic E-state index is -2.17. The summed E-state index contributed by atoms with van der Waals surface area (Å²) in [6.45, 7) is 10.8. The molecule has 0 rings (SSSR count). The molecule has 0 saturated carbocycles. The van der Waals surface area contributed by atoms with Gasteiger partial charge in [-0.15, -0.1) is 0 Å². The van der Waals surface area contributed by atoms with Crippen molar-refractivity contribution >= 4 is 25.4 Å². The van der Waals surface area contributed by atoms with Crippen molar-refractivity contribution in [1.29, 1.82) is 0 Å². The van der Waals surface area contributed by atoms with Crippen molar-refractivity contribution in [3.63, 3.8) is 0 Å². The zero-order valence-electron chi connectivity index (χ0n) is 9.62. The van der Waals surface area contributed by atoms with Crippen molar-refractivity contribution in [3.05, 3.63) is 0 Å². The van der Waals surface area contributed by atoms with E-state index in [2.05, 4.69) is 0 Å². The second-order valence-corrected chi connectivity index (χ2v) is 8.55. The third kappa shape index (κ3) is 4.59. The van der Waals surface area contributed by atoms with E-state index in [0.717, 1.165) is 0 Å². The maximum atomic E-state index is 11.0. The average Bonchev–Trinajstić information content (AvgIpc) is 2.03. The molecule has 0 aromatic heterocycles. The lowest BCUT2D eigenvalue weighted by atomic mass is 10.9. The zero-order chi connectivity index (χ0) is 11.2. The van der Waals surface area contributed by atoms with Crippen LogP contribution < -0.4 is 0 Å². The maximum absolute atomic E-state index is 11.0. The molecule has 3 nitrogen and oxygen atoms in total. The molecule has 84 valence electrons. The van der Waals surface area contributed by atoms with Crippen LogP contribution in [0, 0.1) is 0 Å². The van der Waals surface area contributed by atoms with Gasteiger partial charge in [-0.2, -0.15) is 0 Å². The summed E-state index contributed by atoms with van der Waals surface area (Å²) in [5.41, 5.74) is 0. The fraction of sp³-hybridized carbons (Fsp3) is 0.889. The Morgan fingerprint density at radius 3 is 2.07 bits per heavy atom. The summed E-state index contributed by atoms with van der Waals surface area (Å²) in [7, 11) is -2.17. The molecule has 0 spiro atoms. The van der Waals surface area contributed by atoms with Gasteiger partial charge in [0.25, 0.3) is 0 Å². The second kappa shape index (κ2) is 6.61. The summed E-state index contributed by atoms with van der Waals surface area (Å²) in [5, 5.41) is 0.121. The Bertz CT molecular complexity index is 181. The quantitative estimate of drug-likeness (QED) is 0.663. The van der Waals surface area contributed by atoms with Gasteiger partial charge in [-0.3, -0.25) is 4.79 Å². The summed E-state index contributed by atoms with van der Waals surface area (Å²) < 4.78 is 11.4. The van der Waals surface area contributed by atoms with Crippen LogP contribution in [0.4, 0.5) is 0 Å². The molecular formula is C9H20O3SSi. The van der Waals surface area contributed by atoms with Crippen LogP contribution in [-0.2, 0) is 13.6 Å². The molecule has 1 atom stereocenters. The van der Waals surface area contributed by atoms with Gasteiger partial charge in [-0.05, 0) is 20.4 Å². The van der Waals surface area contributed by atoms with E-state index in [-0.39, 0.29) is 9.99 Å². The normalized spacial score (nSPS) is 14.1. The Morgan fingerprint density at radius 1 is 1.36 bits per heavy atom. The van der Waals surface area contributed by atoms with Gasteiger partial charge in [0.1, 0.15) is 0 Å². The van der Waals surface area contributed by atoms with Crippen LogP contribution in [0.5, 0.6) is 0 Å². The lowest BCUT2D eigenvalue weighted by Gasteiger charge is -2.30. The van der Waals surface area contributed by atoms with Crippen molar-refractivity contribution in [1.82, 2.24) is 0 Å². The summed E-state index contributed by atoms with van der Waals surface area (Å²) in [6, 6.07) is 0. The molecule has 1 unspecified atom stereocenters. The molecule has 0 aliphatic heterocycles. The van der Waals surface area contributed by atoms with Crippen molar-refractivity contribution in [2.75, 3.05) is 13.2 Å². The van der Waals surface area contributed by atoms with E-state index in [4.69, 9.17) is 8.85 Å². The Labute approximate surface area is 91.8 Å². The molecule has 0 heterocycles. The van der Waals surface area contributed by atoms with Crippen molar-refractivity contribution in [3.8, 4) is 0 Å². The van der Waals surface area contributed by atoms with Crippen LogP contribution in [0.3, 0.4) is 0 Å². The predicted octanol–water partition coefficient (Wildman–Crippen LogP) is 2.34. The van der Waals surface area contributed by atoms with E-state index >= 15 is 0 Å². The number of thioether (sulfide) groups is 1. The Hall–Kier alpha value is 0.157. The third-order valence-electron chi connectivity index (χ3n) is 1.94. The first-order valence-electron chi connectivity index (χ1n) is 4.91. The Balaban J connectivity index is 4.37. The number of hydrogen-bond donors (Lipinski definition) is 0. The van der Waals surface area contributed by atoms with Crippen LogP contribution in [0.1, 0.15) is 27.7 Å². The number of carbonyl (C=O) groups excluding carboxylic acids is 1. The number of hydrogen-bond acceptors (Lipinski definition) is 4. The van der Waals surface area contributed by atoms with Gasteiger partial charge in [-0.1, -0.05) is 18.7 Å². The van der Waals surface area contributed by atoms with E-state index in [1.807, 2.05) is 27.3 Å². The number of rotatable bonds is 6. The van der Waals surface area contributed by atoms with E-state index in [0.29, 0.717) is 13.2 Å². The SMILES string of the molecule is CCO[Si](C)(OCC)C(C)SC(C)=O. The third-order valence-corrected chi connectivity index (χ3v) is 7.47. The van der Waals surface area contributed by atoms with E-state index in [9.17, 15) is 4.79 Å². The Morgan fingerprint density at radius 2 is 1.79 bits per heavy atom. The molecule has 0 saturated heterocycles. The fourth-order valence-electron chi connectivity index (χ4n) is 1.21. The smallest absolute Gasteiger partial charge is 0.348 e. The van der Waals surface area contributed by atoms with Crippen LogP contribution in [-0.4, -0.2) is 31.8 Å². The minimum Gasteiger partial charge on any atom is -0.394 e. The van der Waals surface area contributed by atoms with Gasteiger partial charge >= 0.3 is 8.56 Å². The highest BCUT2D eigenvalue weighted by molar-refractivity contribution is 8.15. The molecule has 14 heavy (non-hydrogen) atoms. The summed E-state index contributed by atoms with van der Waals surface area (Å²) in [6.07, 6.45) is 0. The molecule has 0 aliphatic rings. The predicted molar refractivity (Wildman–Crippen MR) is 62.6 cm³/mol. The largest absolute Gasteiger partial charge is 0.394 e. The van der Waals surface area contributed by atoms with Crippen LogP contribution in [0.15, 0.2) is 0 Å². The van der Waals surface area contributed by atoms with Crippen molar-refractivity contribution in [2.24, 2.45) is 0 Å². The molecule has 0 aliphatic carbocycles. The average molecular weight is 236 g/mol. The highest BCUT2D eigenvalue weighted by Crippen LogP contribution is 2.24. The molecule has 0 aromatic carbocycles. The van der Waals surface area contributed by atoms with Gasteiger partial charge < -0.3 is 8.85 Å². The second-order valence-electron chi connectivity index (χ2n) is 3.13. The molecular weight excluding hydrogens is 216 g/mol. The Kier molecular flexibility index (Phi) is 6.68. The molecule has 0 bridgehead atoms. The van der Waals surface area contributed by atoms with Gasteiger partial charge in [0.05, 0.1) is 4.87 Å². The topological polar surface area (TPSA) is 35.5 Å². The van der Waals surface area contributed by atoms with E-state index in [1.165, 1.54) is 11.8 Å². The number of carbonyl (C=O) groups is 1. The van der Waals surface area contributed by atoms with Crippen LogP contribution in [0.25, 0.3) is 0 Å². The van der Waals surface area contributed by atoms with Crippen molar-refractivity contribution < 1.29 is 13.6 Å². The first-order chi connectivity index (χ1) is 6.46. The summed E-state index contributed by atoms with van der Waals surface area (Å²) >= 11 is 1.31. The monoisotopic (exact) mass is 236 g/mol. The van der Waals surface area contributed by atoms with Crippen molar-refractivity contribution in [2.45, 2.75) is 39.1 Å². The van der Waals surface area contributed by atoms with Gasteiger partial charge in [0.2, 0.25) is 0 Å². The van der Waals surface area contributed by atoms with Gasteiger partial charge in [0, 0.05) is 20.1 Å². The molecule has 0 N–H and O–H groups in total. The highest BCUT2D eigenvalue weighted by atomic mass is 32.2. The lowest BCUT2D eigenvalue weighted by Crippen LogP contribution is -2.48. The molecule has 5 heteroatoms. The van der Waals surface area contributed by atoms with Crippen LogP contribution in [0.2, 0.25) is 6.55 Å². The molecule has 0 radical (unpaired) electrons. The maximum Gasteiger partial charge on any atom is 0.348 e.